The van der Waals surface area contributed by atoms with Gasteiger partial charge in [0.15, 0.2) is 0 Å². The van der Waals surface area contributed by atoms with Gasteiger partial charge in [0, 0.05) is 10.3 Å². The first-order valence-electron chi connectivity index (χ1n) is 11.7. The molecule has 2 aromatic carbocycles. The van der Waals surface area contributed by atoms with E-state index >= 15 is 0 Å². The topological polar surface area (TPSA) is 52.6 Å². The number of fused-ring (bicyclic) bond motifs is 1. The van der Waals surface area contributed by atoms with Crippen LogP contribution in [-0.4, -0.2) is 20.8 Å². The van der Waals surface area contributed by atoms with Crippen LogP contribution in [0.1, 0.15) is 65.2 Å². The largest absolute Gasteiger partial charge is 0.493 e. The number of hydrogen-bond acceptors (Lipinski definition) is 5. The first kappa shape index (κ1) is 27.3. The minimum Gasteiger partial charge on any atom is -0.493 e. The highest BCUT2D eigenvalue weighted by atomic mass is 32.2. The van der Waals surface area contributed by atoms with Crippen LogP contribution in [0.5, 0.6) is 5.75 Å². The first-order chi connectivity index (χ1) is 16.0. The van der Waals surface area contributed by atoms with Gasteiger partial charge >= 0.3 is 0 Å². The standard InChI is InChI=1S/C18H18OS.C8H17FO3S/c1-2-3-12-19-17-11-10-16(18-9-6-13-20-18)14-7-4-5-8-15(14)17;1-2-3-4-5-6-7-8-13(10,11)12-9/h4-11,13H,2-3,12H2,1H3;2-8H2,1H3. The van der Waals surface area contributed by atoms with Gasteiger partial charge in [0.25, 0.3) is 10.1 Å². The third-order valence-electron chi connectivity index (χ3n) is 5.27. The molecule has 3 aromatic rings. The Kier molecular flexibility index (Phi) is 12.4. The van der Waals surface area contributed by atoms with Gasteiger partial charge in [-0.2, -0.15) is 8.42 Å². The molecule has 0 aliphatic carbocycles. The third-order valence-corrected chi connectivity index (χ3v) is 7.15. The summed E-state index contributed by atoms with van der Waals surface area (Å²) in [6, 6.07) is 17.0. The molecule has 1 aromatic heterocycles. The maximum Gasteiger partial charge on any atom is 0.297 e. The number of hydrogen-bond donors (Lipinski definition) is 0. The summed E-state index contributed by atoms with van der Waals surface area (Å²) in [5.41, 5.74) is 1.29. The number of halogens is 1. The molecule has 0 bridgehead atoms. The van der Waals surface area contributed by atoms with E-state index in [9.17, 15) is 12.9 Å². The highest BCUT2D eigenvalue weighted by Crippen LogP contribution is 2.36. The van der Waals surface area contributed by atoms with Crippen LogP contribution in [-0.2, 0) is 14.5 Å². The Balaban J connectivity index is 0.000000260. The Morgan fingerprint density at radius 2 is 1.52 bits per heavy atom. The molecule has 1 heterocycles. The average molecular weight is 495 g/mol. The Labute approximate surface area is 201 Å². The number of ether oxygens (including phenoxy) is 1. The monoisotopic (exact) mass is 494 g/mol. The molecule has 0 aliphatic heterocycles. The molecule has 33 heavy (non-hydrogen) atoms. The summed E-state index contributed by atoms with van der Waals surface area (Å²) in [5.74, 6) is 0.782. The fourth-order valence-corrected chi connectivity index (χ4v) is 4.85. The van der Waals surface area contributed by atoms with Crippen LogP contribution in [0.4, 0.5) is 4.53 Å². The number of unbranched alkanes of at least 4 members (excludes halogenated alkanes) is 6. The number of rotatable bonds is 13. The second-order valence-corrected chi connectivity index (χ2v) is 10.5. The smallest absolute Gasteiger partial charge is 0.297 e. The maximum atomic E-state index is 11.3. The SMILES string of the molecule is CCCCCCCCS(=O)(=O)OF.CCCCOc1ccc(-c2cccs2)c2ccccc12. The van der Waals surface area contributed by atoms with Crippen LogP contribution in [0.2, 0.25) is 0 Å². The zero-order valence-electron chi connectivity index (χ0n) is 19.6. The van der Waals surface area contributed by atoms with Crippen molar-refractivity contribution in [1.29, 1.82) is 0 Å². The highest BCUT2D eigenvalue weighted by molar-refractivity contribution is 7.86. The summed E-state index contributed by atoms with van der Waals surface area (Å²) in [6.45, 7) is 5.08. The van der Waals surface area contributed by atoms with Crippen LogP contribution in [0.15, 0.2) is 53.9 Å². The van der Waals surface area contributed by atoms with Crippen molar-refractivity contribution in [3.05, 3.63) is 53.9 Å². The van der Waals surface area contributed by atoms with Crippen molar-refractivity contribution in [1.82, 2.24) is 0 Å². The minimum atomic E-state index is -3.88. The summed E-state index contributed by atoms with van der Waals surface area (Å²) in [5, 5.41) is 4.59. The van der Waals surface area contributed by atoms with Crippen molar-refractivity contribution in [3.8, 4) is 16.2 Å². The van der Waals surface area contributed by atoms with E-state index in [1.54, 1.807) is 11.3 Å². The zero-order chi connectivity index (χ0) is 23.9. The normalized spacial score (nSPS) is 11.2. The molecular weight excluding hydrogens is 459 g/mol. The van der Waals surface area contributed by atoms with E-state index in [-0.39, 0.29) is 5.75 Å². The molecule has 0 atom stereocenters. The van der Waals surface area contributed by atoms with E-state index in [0.717, 1.165) is 50.9 Å². The van der Waals surface area contributed by atoms with Gasteiger partial charge in [0.05, 0.1) is 12.4 Å². The summed E-state index contributed by atoms with van der Waals surface area (Å²) in [6.07, 6.45) is 8.02. The van der Waals surface area contributed by atoms with Gasteiger partial charge in [-0.25, -0.2) is 0 Å². The van der Waals surface area contributed by atoms with E-state index in [2.05, 4.69) is 72.1 Å². The van der Waals surface area contributed by atoms with Crippen LogP contribution < -0.4 is 4.74 Å². The average Bonchev–Trinajstić information content (AvgIpc) is 3.37. The van der Waals surface area contributed by atoms with Crippen molar-refractivity contribution < 1.29 is 22.1 Å². The molecule has 7 heteroatoms. The predicted octanol–water partition coefficient (Wildman–Crippen LogP) is 8.33. The lowest BCUT2D eigenvalue weighted by atomic mass is 10.0. The van der Waals surface area contributed by atoms with Crippen molar-refractivity contribution >= 4 is 32.2 Å². The fraction of sp³-hybridized carbons (Fsp3) is 0.462. The molecular formula is C26H35FO4S2. The summed E-state index contributed by atoms with van der Waals surface area (Å²) < 4.78 is 41.1. The van der Waals surface area contributed by atoms with E-state index in [1.165, 1.54) is 27.6 Å². The van der Waals surface area contributed by atoms with Crippen molar-refractivity contribution in [2.75, 3.05) is 12.4 Å². The van der Waals surface area contributed by atoms with Crippen LogP contribution in [0.25, 0.3) is 21.2 Å². The third kappa shape index (κ3) is 9.43. The molecule has 3 rings (SSSR count). The Hall–Kier alpha value is -1.96. The summed E-state index contributed by atoms with van der Waals surface area (Å²) in [7, 11) is -3.88. The Bertz CT molecular complexity index is 1030. The fourth-order valence-electron chi connectivity index (χ4n) is 3.46. The van der Waals surface area contributed by atoms with Gasteiger partial charge in [-0.3, -0.25) is 0 Å². The van der Waals surface area contributed by atoms with Gasteiger partial charge in [0.1, 0.15) is 5.75 Å². The van der Waals surface area contributed by atoms with Gasteiger partial charge < -0.3 is 4.74 Å². The van der Waals surface area contributed by atoms with E-state index < -0.39 is 10.1 Å². The Morgan fingerprint density at radius 3 is 2.18 bits per heavy atom. The lowest BCUT2D eigenvalue weighted by Gasteiger charge is -2.11. The highest BCUT2D eigenvalue weighted by Gasteiger charge is 2.10. The molecule has 182 valence electrons. The van der Waals surface area contributed by atoms with Gasteiger partial charge in [0.2, 0.25) is 0 Å². The van der Waals surface area contributed by atoms with E-state index in [0.29, 0.717) is 6.42 Å². The quantitative estimate of drug-likeness (QED) is 0.224. The molecule has 0 fully saturated rings. The van der Waals surface area contributed by atoms with Gasteiger partial charge in [-0.1, -0.05) is 87.1 Å². The lowest BCUT2D eigenvalue weighted by molar-refractivity contribution is 0.00288. The van der Waals surface area contributed by atoms with Crippen molar-refractivity contribution in [2.45, 2.75) is 65.2 Å². The Morgan fingerprint density at radius 1 is 0.818 bits per heavy atom. The summed E-state index contributed by atoms with van der Waals surface area (Å²) >= 11 is 1.78. The number of benzene rings is 2. The zero-order valence-corrected chi connectivity index (χ0v) is 21.2. The maximum absolute atomic E-state index is 11.3. The van der Waals surface area contributed by atoms with Gasteiger partial charge in [-0.05, 0) is 51.9 Å². The minimum absolute atomic E-state index is 0.213. The lowest BCUT2D eigenvalue weighted by Crippen LogP contribution is -2.05. The predicted molar refractivity (Wildman–Crippen MR) is 137 cm³/mol. The van der Waals surface area contributed by atoms with Crippen LogP contribution in [0, 0.1) is 0 Å². The second-order valence-electron chi connectivity index (χ2n) is 7.93. The van der Waals surface area contributed by atoms with Crippen molar-refractivity contribution in [3.63, 3.8) is 0 Å². The molecule has 0 spiro atoms. The van der Waals surface area contributed by atoms with E-state index in [4.69, 9.17) is 4.74 Å². The molecule has 0 aliphatic rings. The molecule has 0 N–H and O–H groups in total. The molecule has 0 radical (unpaired) electrons. The van der Waals surface area contributed by atoms with Gasteiger partial charge in [-0.15, -0.1) is 11.3 Å². The molecule has 0 saturated heterocycles. The van der Waals surface area contributed by atoms with Crippen LogP contribution >= 0.6 is 11.3 Å². The van der Waals surface area contributed by atoms with E-state index in [1.807, 2.05) is 0 Å². The summed E-state index contributed by atoms with van der Waals surface area (Å²) in [4.78, 5) is 1.31. The van der Waals surface area contributed by atoms with Crippen molar-refractivity contribution in [2.24, 2.45) is 0 Å². The number of thiophene rings is 1. The second kappa shape index (κ2) is 15.0. The molecule has 0 saturated carbocycles. The molecule has 0 unspecified atom stereocenters. The first-order valence-corrected chi connectivity index (χ1v) is 14.2. The molecule has 0 amide bonds. The molecule has 4 nitrogen and oxygen atoms in total. The van der Waals surface area contributed by atoms with Crippen LogP contribution in [0.3, 0.4) is 0 Å².